The van der Waals surface area contributed by atoms with E-state index in [1.54, 1.807) is 6.08 Å². The summed E-state index contributed by atoms with van der Waals surface area (Å²) in [5.74, 6) is -0.888. The highest BCUT2D eigenvalue weighted by atomic mass is 16.4. The van der Waals surface area contributed by atoms with Crippen LogP contribution in [-0.2, 0) is 11.3 Å². The van der Waals surface area contributed by atoms with Crippen molar-refractivity contribution in [3.05, 3.63) is 48.6 Å². The number of carboxylic acid groups (broad SMARTS) is 1. The Kier molecular flexibility index (Phi) is 4.35. The van der Waals surface area contributed by atoms with Crippen molar-refractivity contribution in [2.45, 2.75) is 25.0 Å². The lowest BCUT2D eigenvalue weighted by Crippen LogP contribution is -2.40. The molecule has 1 aromatic rings. The van der Waals surface area contributed by atoms with Gasteiger partial charge in [0.25, 0.3) is 0 Å². The van der Waals surface area contributed by atoms with Crippen LogP contribution in [-0.4, -0.2) is 39.8 Å². The molecule has 2 rings (SSSR count). The van der Waals surface area contributed by atoms with E-state index in [4.69, 9.17) is 0 Å². The van der Waals surface area contributed by atoms with Gasteiger partial charge in [-0.05, 0) is 12.0 Å². The average molecular weight is 261 g/mol. The Labute approximate surface area is 113 Å². The molecule has 0 saturated carbocycles. The number of aliphatic carboxylic acids is 1. The summed E-state index contributed by atoms with van der Waals surface area (Å²) >= 11 is 0. The third kappa shape index (κ3) is 2.85. The van der Waals surface area contributed by atoms with Crippen LogP contribution in [0.3, 0.4) is 0 Å². The second-order valence-electron chi connectivity index (χ2n) is 4.92. The Bertz CT molecular complexity index is 444. The van der Waals surface area contributed by atoms with Crippen LogP contribution in [0.5, 0.6) is 0 Å². The molecule has 0 bridgehead atoms. The van der Waals surface area contributed by atoms with Crippen LogP contribution in [0.1, 0.15) is 12.0 Å². The summed E-state index contributed by atoms with van der Waals surface area (Å²) in [6, 6.07) is 9.12. The molecule has 0 aliphatic carbocycles. The Morgan fingerprint density at radius 1 is 1.42 bits per heavy atom. The molecular weight excluding hydrogens is 242 g/mol. The van der Waals surface area contributed by atoms with E-state index in [9.17, 15) is 15.0 Å². The van der Waals surface area contributed by atoms with Crippen LogP contribution in [0.25, 0.3) is 0 Å². The lowest BCUT2D eigenvalue weighted by Gasteiger charge is -2.27. The number of likely N-dealkylation sites (tertiary alicyclic amines) is 1. The van der Waals surface area contributed by atoms with E-state index in [-0.39, 0.29) is 18.6 Å². The number of carbonyl (C=O) groups is 1. The van der Waals surface area contributed by atoms with Crippen LogP contribution < -0.4 is 0 Å². The minimum absolute atomic E-state index is 0.00818. The third-order valence-corrected chi connectivity index (χ3v) is 3.76. The molecule has 0 spiro atoms. The third-order valence-electron chi connectivity index (χ3n) is 3.76. The van der Waals surface area contributed by atoms with Crippen molar-refractivity contribution in [3.8, 4) is 0 Å². The summed E-state index contributed by atoms with van der Waals surface area (Å²) in [7, 11) is 0. The number of hydrogen-bond acceptors (Lipinski definition) is 3. The van der Waals surface area contributed by atoms with Gasteiger partial charge in [-0.2, -0.15) is 0 Å². The molecule has 3 atom stereocenters. The van der Waals surface area contributed by atoms with Crippen molar-refractivity contribution >= 4 is 5.97 Å². The van der Waals surface area contributed by atoms with Gasteiger partial charge in [-0.25, -0.2) is 0 Å². The van der Waals surface area contributed by atoms with Crippen molar-refractivity contribution in [2.75, 3.05) is 6.61 Å². The lowest BCUT2D eigenvalue weighted by atomic mass is 10.0. The molecule has 2 N–H and O–H groups in total. The topological polar surface area (TPSA) is 60.8 Å². The highest BCUT2D eigenvalue weighted by Crippen LogP contribution is 2.32. The first-order valence-electron chi connectivity index (χ1n) is 6.43. The minimum Gasteiger partial charge on any atom is -0.480 e. The first-order valence-corrected chi connectivity index (χ1v) is 6.43. The van der Waals surface area contributed by atoms with E-state index in [0.717, 1.165) is 5.56 Å². The van der Waals surface area contributed by atoms with E-state index in [1.165, 1.54) is 0 Å². The number of rotatable bonds is 5. The van der Waals surface area contributed by atoms with Gasteiger partial charge >= 0.3 is 5.97 Å². The van der Waals surface area contributed by atoms with Crippen LogP contribution in [0.4, 0.5) is 0 Å². The van der Waals surface area contributed by atoms with Gasteiger partial charge in [-0.1, -0.05) is 36.4 Å². The van der Waals surface area contributed by atoms with E-state index in [1.807, 2.05) is 35.2 Å². The van der Waals surface area contributed by atoms with Crippen molar-refractivity contribution < 1.29 is 15.0 Å². The van der Waals surface area contributed by atoms with Crippen molar-refractivity contribution in [2.24, 2.45) is 5.92 Å². The molecule has 0 amide bonds. The lowest BCUT2D eigenvalue weighted by molar-refractivity contribution is -0.142. The van der Waals surface area contributed by atoms with E-state index < -0.39 is 12.0 Å². The van der Waals surface area contributed by atoms with E-state index in [2.05, 4.69) is 6.58 Å². The SMILES string of the molecule is C=C[C@@H]1[C@H](CO)C[C@H](C(=O)O)N1Cc1ccccc1. The smallest absolute Gasteiger partial charge is 0.320 e. The molecule has 4 nitrogen and oxygen atoms in total. The Morgan fingerprint density at radius 3 is 2.63 bits per heavy atom. The summed E-state index contributed by atoms with van der Waals surface area (Å²) in [6.07, 6.45) is 2.21. The zero-order chi connectivity index (χ0) is 13.8. The highest BCUT2D eigenvalue weighted by Gasteiger charge is 2.42. The van der Waals surface area contributed by atoms with Crippen molar-refractivity contribution in [1.29, 1.82) is 0 Å². The number of aliphatic hydroxyl groups is 1. The van der Waals surface area contributed by atoms with E-state index in [0.29, 0.717) is 13.0 Å². The van der Waals surface area contributed by atoms with Crippen molar-refractivity contribution in [1.82, 2.24) is 4.90 Å². The highest BCUT2D eigenvalue weighted by molar-refractivity contribution is 5.74. The van der Waals surface area contributed by atoms with Crippen LogP contribution in [0.2, 0.25) is 0 Å². The van der Waals surface area contributed by atoms with Gasteiger partial charge in [-0.3, -0.25) is 9.69 Å². The predicted octanol–water partition coefficient (Wildman–Crippen LogP) is 1.51. The molecule has 1 aliphatic rings. The fourth-order valence-electron chi connectivity index (χ4n) is 2.80. The van der Waals surface area contributed by atoms with Gasteiger partial charge in [0.2, 0.25) is 0 Å². The second kappa shape index (κ2) is 5.99. The Hall–Kier alpha value is -1.65. The van der Waals surface area contributed by atoms with Gasteiger partial charge in [0.15, 0.2) is 0 Å². The molecule has 0 unspecified atom stereocenters. The molecule has 1 saturated heterocycles. The average Bonchev–Trinajstić information content (AvgIpc) is 2.77. The largest absolute Gasteiger partial charge is 0.480 e. The molecule has 0 aromatic heterocycles. The molecule has 1 aliphatic heterocycles. The number of carboxylic acids is 1. The standard InChI is InChI=1S/C15H19NO3/c1-2-13-12(10-17)8-14(15(18)19)16(13)9-11-6-4-3-5-7-11/h2-7,12-14,17H,1,8-10H2,(H,18,19)/t12-,13+,14+/m0/s1. The maximum atomic E-state index is 11.4. The molecule has 1 heterocycles. The Morgan fingerprint density at radius 2 is 2.11 bits per heavy atom. The molecule has 1 aromatic carbocycles. The molecule has 19 heavy (non-hydrogen) atoms. The number of nitrogens with zero attached hydrogens (tertiary/aromatic N) is 1. The maximum absolute atomic E-state index is 11.4. The summed E-state index contributed by atoms with van der Waals surface area (Å²) in [4.78, 5) is 13.3. The molecular formula is C15H19NO3. The van der Waals surface area contributed by atoms with Crippen LogP contribution >= 0.6 is 0 Å². The normalized spacial score (nSPS) is 27.3. The zero-order valence-corrected chi connectivity index (χ0v) is 10.8. The molecule has 0 radical (unpaired) electrons. The first-order chi connectivity index (χ1) is 9.17. The van der Waals surface area contributed by atoms with Gasteiger partial charge in [0.05, 0.1) is 0 Å². The maximum Gasteiger partial charge on any atom is 0.320 e. The molecule has 4 heteroatoms. The monoisotopic (exact) mass is 261 g/mol. The first kappa shape index (κ1) is 13.8. The molecule has 1 fully saturated rings. The van der Waals surface area contributed by atoms with Crippen LogP contribution in [0, 0.1) is 5.92 Å². The Balaban J connectivity index is 2.22. The van der Waals surface area contributed by atoms with Gasteiger partial charge in [0.1, 0.15) is 6.04 Å². The van der Waals surface area contributed by atoms with E-state index >= 15 is 0 Å². The minimum atomic E-state index is -0.835. The quantitative estimate of drug-likeness (QED) is 0.789. The van der Waals surface area contributed by atoms with Gasteiger partial charge < -0.3 is 10.2 Å². The fraction of sp³-hybridized carbons (Fsp3) is 0.400. The van der Waals surface area contributed by atoms with Gasteiger partial charge in [-0.15, -0.1) is 6.58 Å². The van der Waals surface area contributed by atoms with Gasteiger partial charge in [0, 0.05) is 25.1 Å². The number of aliphatic hydroxyl groups excluding tert-OH is 1. The molecule has 102 valence electrons. The number of hydrogen-bond donors (Lipinski definition) is 2. The summed E-state index contributed by atoms with van der Waals surface area (Å²) in [5, 5.41) is 18.7. The number of benzene rings is 1. The fourth-order valence-corrected chi connectivity index (χ4v) is 2.80. The summed E-state index contributed by atoms with van der Waals surface area (Å²) in [5.41, 5.74) is 1.07. The second-order valence-corrected chi connectivity index (χ2v) is 4.92. The van der Waals surface area contributed by atoms with Crippen LogP contribution in [0.15, 0.2) is 43.0 Å². The predicted molar refractivity (Wildman–Crippen MR) is 72.6 cm³/mol. The van der Waals surface area contributed by atoms with Crippen molar-refractivity contribution in [3.63, 3.8) is 0 Å². The summed E-state index contributed by atoms with van der Waals surface area (Å²) < 4.78 is 0. The zero-order valence-electron chi connectivity index (χ0n) is 10.8. The summed E-state index contributed by atoms with van der Waals surface area (Å²) in [6.45, 7) is 4.33.